The molecule has 0 bridgehead atoms. The molecule has 13 rings (SSSR count). The van der Waals surface area contributed by atoms with E-state index in [0.29, 0.717) is 51.0 Å². The normalized spacial score (nSPS) is 19.0. The summed E-state index contributed by atoms with van der Waals surface area (Å²) in [4.78, 5) is 12.0. The molecule has 620 valence electrons. The third-order valence-electron chi connectivity index (χ3n) is 19.2. The Morgan fingerprint density at radius 1 is 0.286 bits per heavy atom. The third-order valence-corrected chi connectivity index (χ3v) is 19.2. The SMILES string of the molecule is CC1=CCC(C)CC1.CC1=CCC(C)CC1.CC1CCC(C)CC1.CC1CCC(C)OC1.CC1COC(C)OC1.Cc1cc(F)c(C)c(F)c1.Cc1cc(F)c(C)cc1F.Cc1ccc(C)c(F)c1.Cc1ccc(C)c(F)c1.Cc1ccc(C)c(F)c1F.Cc1ccc(C)cc1.Cc1ccc(C)nc1.Cc1cnc(C)nc1. The van der Waals surface area contributed by atoms with Gasteiger partial charge in [0.2, 0.25) is 0 Å². The number of pyridine rings is 1. The van der Waals surface area contributed by atoms with Crippen molar-refractivity contribution in [1.29, 1.82) is 0 Å². The molecule has 3 fully saturated rings. The third kappa shape index (κ3) is 48.4. The predicted octanol–water partition coefficient (Wildman–Crippen LogP) is 28.9. The maximum Gasteiger partial charge on any atom is 0.161 e. The summed E-state index contributed by atoms with van der Waals surface area (Å²) in [7, 11) is 0. The maximum atomic E-state index is 12.6. The summed E-state index contributed by atoms with van der Waals surface area (Å²) in [6, 6.07) is 31.2. The molecule has 3 aliphatic carbocycles. The van der Waals surface area contributed by atoms with Crippen LogP contribution in [0.25, 0.3) is 0 Å². The van der Waals surface area contributed by atoms with Crippen molar-refractivity contribution >= 4 is 0 Å². The average Bonchev–Trinajstić information content (AvgIpc) is 0.872. The highest BCUT2D eigenvalue weighted by atomic mass is 19.2. The van der Waals surface area contributed by atoms with Gasteiger partial charge in [0.1, 0.15) is 40.7 Å². The van der Waals surface area contributed by atoms with E-state index in [1.165, 1.54) is 165 Å². The van der Waals surface area contributed by atoms with Crippen LogP contribution in [0.3, 0.4) is 0 Å². The topological polar surface area (TPSA) is 66.4 Å². The van der Waals surface area contributed by atoms with Crippen LogP contribution in [0.15, 0.2) is 151 Å². The Hall–Kier alpha value is -7.65. The van der Waals surface area contributed by atoms with Crippen molar-refractivity contribution in [2.75, 3.05) is 19.8 Å². The van der Waals surface area contributed by atoms with Crippen molar-refractivity contribution in [3.8, 4) is 0 Å². The van der Waals surface area contributed by atoms with E-state index < -0.39 is 23.3 Å². The highest BCUT2D eigenvalue weighted by Gasteiger charge is 2.16. The minimum absolute atomic E-state index is 0.0196. The molecule has 112 heavy (non-hydrogen) atoms. The molecule has 1 saturated carbocycles. The molecule has 0 N–H and O–H groups in total. The summed E-state index contributed by atoms with van der Waals surface area (Å²) in [6.45, 7) is 53.5. The number of aromatic nitrogens is 3. The first-order chi connectivity index (χ1) is 52.5. The zero-order valence-electron chi connectivity index (χ0n) is 73.1. The number of hydrogen-bond acceptors (Lipinski definition) is 6. The molecule has 4 heterocycles. The molecular formula is C98H139F8N3O3. The van der Waals surface area contributed by atoms with Gasteiger partial charge < -0.3 is 14.2 Å². The zero-order valence-corrected chi connectivity index (χ0v) is 73.1. The van der Waals surface area contributed by atoms with Crippen LogP contribution in [0.1, 0.15) is 236 Å². The standard InChI is InChI=1S/3C8H8F2.2C8H9F.C8H16.2C8H14.C8H10.C7H9N.C7H14O.C6H8N2.C6H12O2/c1-5-3-8(10)6(2)4-7(5)9;1-5-3-7(9)6(2)8(10)4-5;1-5-3-4-6(2)8(10)7(5)9;2*1-6-3-4-7(2)8(9)5-6;4*1-7-3-5-8(2)6-4-7;2*1-6-3-4-7(2)8-5-6;2*1-5-3-7-6(2)8-4-5/h3*3-4H,1-2H3;2*3-5H,1-2H3;7-8H,3-6H2,1-2H3;2*3,8H,4-6H2,1-2H3;3-6H,1-2H3;3-5H,1-2H3;6-7H,3-5H2,1-2H3;3-4H,1-2H3;5-6H,3-4H2,1-2H3. The van der Waals surface area contributed by atoms with Crippen LogP contribution in [-0.2, 0) is 14.2 Å². The van der Waals surface area contributed by atoms with Crippen LogP contribution < -0.4 is 0 Å². The van der Waals surface area contributed by atoms with E-state index in [9.17, 15) is 35.1 Å². The highest BCUT2D eigenvalue weighted by Crippen LogP contribution is 2.28. The van der Waals surface area contributed by atoms with Crippen LogP contribution in [0, 0.1) is 193 Å². The molecule has 6 aromatic carbocycles. The molecule has 2 aromatic heterocycles. The molecule has 14 heteroatoms. The molecule has 2 aliphatic heterocycles. The van der Waals surface area contributed by atoms with E-state index in [4.69, 9.17) is 14.2 Å². The molecule has 4 atom stereocenters. The van der Waals surface area contributed by atoms with Gasteiger partial charge in [-0.05, 0) is 323 Å². The predicted molar refractivity (Wildman–Crippen MR) is 455 cm³/mol. The number of ether oxygens (including phenoxy) is 3. The number of hydrogen-bond donors (Lipinski definition) is 0. The second-order valence-electron chi connectivity index (χ2n) is 31.9. The van der Waals surface area contributed by atoms with Crippen molar-refractivity contribution < 1.29 is 49.3 Å². The number of nitrogens with zero attached hydrogens (tertiary/aromatic N) is 3. The molecular weight excluding hydrogens is 1420 g/mol. The van der Waals surface area contributed by atoms with E-state index >= 15 is 0 Å². The summed E-state index contributed by atoms with van der Waals surface area (Å²) in [6.07, 6.45) is 27.4. The van der Waals surface area contributed by atoms with Crippen LogP contribution in [0.5, 0.6) is 0 Å². The molecule has 0 amide bonds. The van der Waals surface area contributed by atoms with Gasteiger partial charge in [-0.3, -0.25) is 4.98 Å². The van der Waals surface area contributed by atoms with Gasteiger partial charge in [-0.25, -0.2) is 45.1 Å². The number of halogens is 8. The maximum absolute atomic E-state index is 12.6. The lowest BCUT2D eigenvalue weighted by atomic mass is 9.84. The van der Waals surface area contributed by atoms with Crippen molar-refractivity contribution in [2.45, 2.75) is 269 Å². The monoisotopic (exact) mass is 1560 g/mol. The van der Waals surface area contributed by atoms with Crippen molar-refractivity contribution in [1.82, 2.24) is 15.0 Å². The van der Waals surface area contributed by atoms with Crippen molar-refractivity contribution in [3.05, 3.63) is 287 Å². The summed E-state index contributed by atoms with van der Waals surface area (Å²) in [5.74, 6) is 2.78. The minimum atomic E-state index is -0.736. The first-order valence-electron chi connectivity index (χ1n) is 40.1. The van der Waals surface area contributed by atoms with Crippen LogP contribution >= 0.6 is 0 Å². The molecule has 4 unspecified atom stereocenters. The van der Waals surface area contributed by atoms with Gasteiger partial charge in [0.25, 0.3) is 0 Å². The number of benzene rings is 6. The average molecular weight is 1560 g/mol. The Balaban J connectivity index is 0.000000607. The molecule has 6 nitrogen and oxygen atoms in total. The quantitative estimate of drug-likeness (QED) is 0.111. The zero-order chi connectivity index (χ0) is 84.7. The van der Waals surface area contributed by atoms with Crippen LogP contribution in [-0.4, -0.2) is 47.2 Å². The van der Waals surface area contributed by atoms with Crippen LogP contribution in [0.4, 0.5) is 35.1 Å². The van der Waals surface area contributed by atoms with Crippen molar-refractivity contribution in [2.24, 2.45) is 35.5 Å². The van der Waals surface area contributed by atoms with E-state index in [2.05, 4.69) is 134 Å². The second kappa shape index (κ2) is 56.6. The van der Waals surface area contributed by atoms with Gasteiger partial charge in [-0.1, -0.05) is 168 Å². The lowest BCUT2D eigenvalue weighted by Crippen LogP contribution is -2.27. The highest BCUT2D eigenvalue weighted by molar-refractivity contribution is 5.27. The molecule has 0 spiro atoms. The molecule has 2 saturated heterocycles. The smallest absolute Gasteiger partial charge is 0.161 e. The molecule has 0 radical (unpaired) electrons. The number of allylic oxidation sites excluding steroid dienone is 4. The molecule has 8 aromatic rings. The van der Waals surface area contributed by atoms with E-state index in [0.717, 1.165) is 77.6 Å². The van der Waals surface area contributed by atoms with Gasteiger partial charge in [0, 0.05) is 42.4 Å². The number of rotatable bonds is 0. The summed E-state index contributed by atoms with van der Waals surface area (Å²) in [5, 5.41) is 0. The van der Waals surface area contributed by atoms with Gasteiger partial charge in [-0.2, -0.15) is 0 Å². The van der Waals surface area contributed by atoms with E-state index in [-0.39, 0.29) is 35.1 Å². The first-order valence-corrected chi connectivity index (χ1v) is 40.1. The van der Waals surface area contributed by atoms with E-state index in [1.54, 1.807) is 56.2 Å². The summed E-state index contributed by atoms with van der Waals surface area (Å²) >= 11 is 0. The lowest BCUT2D eigenvalue weighted by Gasteiger charge is -2.24. The second-order valence-corrected chi connectivity index (χ2v) is 31.9. The summed E-state index contributed by atoms with van der Waals surface area (Å²) in [5.41, 5.74) is 14.7. The van der Waals surface area contributed by atoms with Crippen LogP contribution in [0.2, 0.25) is 0 Å². The Labute approximate surface area is 672 Å². The van der Waals surface area contributed by atoms with Crippen molar-refractivity contribution in [3.63, 3.8) is 0 Å². The fourth-order valence-corrected chi connectivity index (χ4v) is 10.6. The minimum Gasteiger partial charge on any atom is -0.378 e. The Bertz CT molecular complexity index is 3520. The Morgan fingerprint density at radius 3 is 0.920 bits per heavy atom. The van der Waals surface area contributed by atoms with Gasteiger partial charge >= 0.3 is 0 Å². The van der Waals surface area contributed by atoms with Gasteiger partial charge in [-0.15, -0.1) is 0 Å². The lowest BCUT2D eigenvalue weighted by molar-refractivity contribution is -0.187. The summed E-state index contributed by atoms with van der Waals surface area (Å²) < 4.78 is 117. The number of aryl methyl sites for hydroxylation is 15. The van der Waals surface area contributed by atoms with Gasteiger partial charge in [0.15, 0.2) is 17.9 Å². The fourth-order valence-electron chi connectivity index (χ4n) is 10.6. The fraction of sp³-hybridized carbons (Fsp3) is 0.500. The largest absolute Gasteiger partial charge is 0.378 e. The Kier molecular flexibility index (Phi) is 51.7. The molecule has 5 aliphatic rings. The first kappa shape index (κ1) is 102. The Morgan fingerprint density at radius 2 is 0.625 bits per heavy atom. The van der Waals surface area contributed by atoms with Gasteiger partial charge in [0.05, 0.1) is 19.3 Å². The van der Waals surface area contributed by atoms with E-state index in [1.807, 2.05) is 85.3 Å².